The average molecular weight is 306 g/mol. The number of nitriles is 1. The Labute approximate surface area is 122 Å². The van der Waals surface area contributed by atoms with Gasteiger partial charge in [-0.2, -0.15) is 5.26 Å². The fourth-order valence-corrected chi connectivity index (χ4v) is 2.52. The van der Waals surface area contributed by atoms with Crippen molar-refractivity contribution in [3.8, 4) is 6.07 Å². The number of hydrogen-bond donors (Lipinski definition) is 1. The number of amides is 1. The molecule has 1 aromatic carbocycles. The minimum atomic E-state index is -3.24. The zero-order valence-electron chi connectivity index (χ0n) is 11.4. The molecule has 1 N–H and O–H groups in total. The molecule has 1 aromatic rings. The van der Waals surface area contributed by atoms with E-state index in [0.717, 1.165) is 6.26 Å². The Morgan fingerprint density at radius 2 is 2.05 bits per heavy atom. The van der Waals surface area contributed by atoms with Crippen LogP contribution < -0.4 is 5.32 Å². The van der Waals surface area contributed by atoms with Gasteiger partial charge in [-0.15, -0.1) is 0 Å². The van der Waals surface area contributed by atoms with Crippen LogP contribution in [0.5, 0.6) is 0 Å². The van der Waals surface area contributed by atoms with Crippen molar-refractivity contribution in [2.75, 3.05) is 12.9 Å². The summed E-state index contributed by atoms with van der Waals surface area (Å²) >= 11 is 0. The molecule has 0 unspecified atom stereocenters. The zero-order chi connectivity index (χ0) is 15.5. The Hall–Kier alpha value is -2.33. The van der Waals surface area contributed by atoms with Crippen LogP contribution in [-0.4, -0.2) is 27.2 Å². The highest BCUT2D eigenvalue weighted by molar-refractivity contribution is 7.90. The topological polar surface area (TPSA) is 96.3 Å². The number of carbonyl (C=O) groups excluding carboxylic acids is 1. The third-order valence-electron chi connectivity index (χ3n) is 2.98. The Morgan fingerprint density at radius 1 is 1.38 bits per heavy atom. The largest absolute Gasteiger partial charge is 0.478 e. The van der Waals surface area contributed by atoms with Crippen molar-refractivity contribution in [1.82, 2.24) is 5.32 Å². The predicted molar refractivity (Wildman–Crippen MR) is 74.6 cm³/mol. The summed E-state index contributed by atoms with van der Waals surface area (Å²) in [6, 6.07) is 8.08. The number of rotatable bonds is 4. The van der Waals surface area contributed by atoms with Gasteiger partial charge in [0.15, 0.2) is 9.84 Å². The van der Waals surface area contributed by atoms with Gasteiger partial charge in [0.25, 0.3) is 0 Å². The van der Waals surface area contributed by atoms with Crippen molar-refractivity contribution < 1.29 is 17.9 Å². The lowest BCUT2D eigenvalue weighted by molar-refractivity contribution is -0.120. The van der Waals surface area contributed by atoms with Crippen LogP contribution in [0.4, 0.5) is 0 Å². The number of nitrogens with zero attached hydrogens (tertiary/aromatic N) is 1. The number of ether oxygens (including phenoxy) is 1. The van der Waals surface area contributed by atoms with Gasteiger partial charge in [-0.1, -0.05) is 12.1 Å². The van der Waals surface area contributed by atoms with E-state index in [9.17, 15) is 13.2 Å². The molecular formula is C14H14N2O4S. The zero-order valence-corrected chi connectivity index (χ0v) is 12.2. The molecule has 0 aromatic heterocycles. The summed E-state index contributed by atoms with van der Waals surface area (Å²) in [6.45, 7) is 0.390. The van der Waals surface area contributed by atoms with Crippen LogP contribution in [0.1, 0.15) is 12.0 Å². The maximum absolute atomic E-state index is 11.9. The van der Waals surface area contributed by atoms with E-state index in [-0.39, 0.29) is 23.1 Å². The van der Waals surface area contributed by atoms with Crippen LogP contribution in [0.15, 0.2) is 40.6 Å². The van der Waals surface area contributed by atoms with Crippen LogP contribution >= 0.6 is 0 Å². The van der Waals surface area contributed by atoms with Crippen molar-refractivity contribution >= 4 is 15.7 Å². The Bertz CT molecular complexity index is 727. The second-order valence-electron chi connectivity index (χ2n) is 4.66. The molecule has 2 rings (SSSR count). The summed E-state index contributed by atoms with van der Waals surface area (Å²) in [7, 11) is -3.24. The van der Waals surface area contributed by atoms with Gasteiger partial charge in [0.1, 0.15) is 6.07 Å². The molecule has 1 aliphatic heterocycles. The summed E-state index contributed by atoms with van der Waals surface area (Å²) in [5, 5.41) is 11.4. The number of benzene rings is 1. The van der Waals surface area contributed by atoms with Crippen LogP contribution in [-0.2, 0) is 25.8 Å². The minimum Gasteiger partial charge on any atom is -0.478 e. The summed E-state index contributed by atoms with van der Waals surface area (Å²) in [5.74, 6) is -0.0954. The Kier molecular flexibility index (Phi) is 4.29. The predicted octanol–water partition coefficient (Wildman–Crippen LogP) is 0.904. The van der Waals surface area contributed by atoms with E-state index in [4.69, 9.17) is 10.00 Å². The number of nitrogens with one attached hydrogen (secondary N) is 1. The molecule has 0 atom stereocenters. The quantitative estimate of drug-likeness (QED) is 0.891. The highest BCUT2D eigenvalue weighted by atomic mass is 32.2. The molecular weight excluding hydrogens is 292 g/mol. The summed E-state index contributed by atoms with van der Waals surface area (Å²) in [6.07, 6.45) is 1.70. The van der Waals surface area contributed by atoms with Gasteiger partial charge < -0.3 is 4.74 Å². The lowest BCUT2D eigenvalue weighted by atomic mass is 10.1. The Balaban J connectivity index is 2.02. The first-order chi connectivity index (χ1) is 9.90. The fraction of sp³-hybridized carbons (Fsp3) is 0.286. The first kappa shape index (κ1) is 15.1. The second-order valence-corrected chi connectivity index (χ2v) is 6.67. The van der Waals surface area contributed by atoms with Gasteiger partial charge in [-0.25, -0.2) is 8.42 Å². The van der Waals surface area contributed by atoms with Gasteiger partial charge in [0, 0.05) is 12.7 Å². The van der Waals surface area contributed by atoms with E-state index in [2.05, 4.69) is 5.32 Å². The van der Waals surface area contributed by atoms with E-state index in [0.29, 0.717) is 24.2 Å². The number of carbonyl (C=O) groups is 1. The Morgan fingerprint density at radius 3 is 2.62 bits per heavy atom. The van der Waals surface area contributed by atoms with E-state index < -0.39 is 9.84 Å². The smallest absolute Gasteiger partial charge is 0.231 e. The molecule has 0 bridgehead atoms. The van der Waals surface area contributed by atoms with Crippen LogP contribution in [0.25, 0.3) is 0 Å². The van der Waals surface area contributed by atoms with Gasteiger partial charge in [0.05, 0.1) is 23.5 Å². The molecule has 0 saturated heterocycles. The summed E-state index contributed by atoms with van der Waals surface area (Å²) < 4.78 is 27.8. The summed E-state index contributed by atoms with van der Waals surface area (Å²) in [4.78, 5) is 12.1. The normalized spacial score (nSPS) is 14.5. The van der Waals surface area contributed by atoms with Crippen LogP contribution in [0.3, 0.4) is 0 Å². The lowest BCUT2D eigenvalue weighted by Gasteiger charge is -2.07. The summed E-state index contributed by atoms with van der Waals surface area (Å²) in [5.41, 5.74) is 1.10. The van der Waals surface area contributed by atoms with Crippen molar-refractivity contribution in [2.24, 2.45) is 0 Å². The minimum absolute atomic E-state index is 0.0790. The van der Waals surface area contributed by atoms with Gasteiger partial charge in [0.2, 0.25) is 11.8 Å². The third kappa shape index (κ3) is 3.83. The number of hydrogen-bond acceptors (Lipinski definition) is 5. The van der Waals surface area contributed by atoms with Crippen molar-refractivity contribution in [2.45, 2.75) is 17.7 Å². The highest BCUT2D eigenvalue weighted by Crippen LogP contribution is 2.16. The highest BCUT2D eigenvalue weighted by Gasteiger charge is 2.18. The third-order valence-corrected chi connectivity index (χ3v) is 4.11. The maximum atomic E-state index is 11.9. The molecule has 7 heteroatoms. The monoisotopic (exact) mass is 306 g/mol. The molecule has 1 amide bonds. The molecule has 0 saturated carbocycles. The first-order valence-corrected chi connectivity index (χ1v) is 8.14. The van der Waals surface area contributed by atoms with E-state index in [1.807, 2.05) is 6.07 Å². The van der Waals surface area contributed by atoms with E-state index >= 15 is 0 Å². The first-order valence-electron chi connectivity index (χ1n) is 6.25. The molecule has 21 heavy (non-hydrogen) atoms. The SMILES string of the molecule is CS(=O)(=O)c1ccc(CC(=O)NC2=C(C#N)CCO2)cc1. The second kappa shape index (κ2) is 5.97. The van der Waals surface area contributed by atoms with E-state index in [1.165, 1.54) is 12.1 Å². The van der Waals surface area contributed by atoms with Crippen molar-refractivity contribution in [3.63, 3.8) is 0 Å². The fourth-order valence-electron chi connectivity index (χ4n) is 1.88. The molecule has 0 fully saturated rings. The maximum Gasteiger partial charge on any atom is 0.231 e. The van der Waals surface area contributed by atoms with Crippen molar-refractivity contribution in [3.05, 3.63) is 41.3 Å². The molecule has 1 aliphatic rings. The van der Waals surface area contributed by atoms with Gasteiger partial charge in [-0.05, 0) is 17.7 Å². The standard InChI is InChI=1S/C14H14N2O4S/c1-21(18,19)12-4-2-10(3-5-12)8-13(17)16-14-11(9-15)6-7-20-14/h2-5H,6-8H2,1H3,(H,16,17). The van der Waals surface area contributed by atoms with Gasteiger partial charge >= 0.3 is 0 Å². The molecule has 6 nitrogen and oxygen atoms in total. The number of sulfone groups is 1. The van der Waals surface area contributed by atoms with Crippen LogP contribution in [0.2, 0.25) is 0 Å². The van der Waals surface area contributed by atoms with Crippen molar-refractivity contribution in [1.29, 1.82) is 5.26 Å². The average Bonchev–Trinajstić information content (AvgIpc) is 2.85. The molecule has 110 valence electrons. The van der Waals surface area contributed by atoms with Gasteiger partial charge in [-0.3, -0.25) is 10.1 Å². The molecule has 1 heterocycles. The lowest BCUT2D eigenvalue weighted by Crippen LogP contribution is -2.25. The molecule has 0 aliphatic carbocycles. The van der Waals surface area contributed by atoms with E-state index in [1.54, 1.807) is 12.1 Å². The molecule has 0 radical (unpaired) electrons. The van der Waals surface area contributed by atoms with Crippen LogP contribution in [0, 0.1) is 11.3 Å². The molecule has 0 spiro atoms.